The number of rotatable bonds is 4. The Labute approximate surface area is 159 Å². The molecule has 2 aromatic heterocycles. The van der Waals surface area contributed by atoms with E-state index in [9.17, 15) is 4.79 Å². The number of nitrogens with zero attached hydrogens (tertiary/aromatic N) is 7. The van der Waals surface area contributed by atoms with Gasteiger partial charge in [-0.1, -0.05) is 0 Å². The van der Waals surface area contributed by atoms with E-state index in [0.717, 1.165) is 75.1 Å². The third kappa shape index (κ3) is 3.95. The van der Waals surface area contributed by atoms with Gasteiger partial charge in [0.1, 0.15) is 0 Å². The standard InChI is InChI=1S/C19H27N7O/c1-15-13-16(2)26(22-15)18-6-5-17(20-21-18)24-11-9-23(10-12-24)14-19(27)25-7-3-4-8-25/h5-6,13H,3-4,7-12,14H2,1-2H3. The minimum Gasteiger partial charge on any atom is -0.353 e. The number of aryl methyl sites for hydroxylation is 2. The molecular formula is C19H27N7O. The Morgan fingerprint density at radius 1 is 0.963 bits per heavy atom. The predicted molar refractivity (Wildman–Crippen MR) is 103 cm³/mol. The minimum atomic E-state index is 0.273. The van der Waals surface area contributed by atoms with E-state index < -0.39 is 0 Å². The molecule has 4 heterocycles. The third-order valence-electron chi connectivity index (χ3n) is 5.38. The summed E-state index contributed by atoms with van der Waals surface area (Å²) in [5, 5.41) is 13.2. The fourth-order valence-corrected chi connectivity index (χ4v) is 3.85. The summed E-state index contributed by atoms with van der Waals surface area (Å²) < 4.78 is 1.81. The molecule has 0 radical (unpaired) electrons. The largest absolute Gasteiger partial charge is 0.353 e. The Kier molecular flexibility index (Phi) is 5.07. The normalized spacial score (nSPS) is 18.3. The van der Waals surface area contributed by atoms with Crippen molar-refractivity contribution in [1.82, 2.24) is 29.8 Å². The van der Waals surface area contributed by atoms with Crippen molar-refractivity contribution < 1.29 is 4.79 Å². The van der Waals surface area contributed by atoms with E-state index in [1.165, 1.54) is 0 Å². The molecule has 144 valence electrons. The van der Waals surface area contributed by atoms with E-state index in [1.54, 1.807) is 0 Å². The first-order valence-electron chi connectivity index (χ1n) is 9.72. The molecular weight excluding hydrogens is 342 g/mol. The van der Waals surface area contributed by atoms with Crippen molar-refractivity contribution in [2.75, 3.05) is 50.7 Å². The fourth-order valence-electron chi connectivity index (χ4n) is 3.85. The molecule has 8 heteroatoms. The predicted octanol–water partition coefficient (Wildman–Crippen LogP) is 1.02. The third-order valence-corrected chi connectivity index (χ3v) is 5.38. The van der Waals surface area contributed by atoms with Crippen LogP contribution in [0, 0.1) is 13.8 Å². The number of anilines is 1. The molecule has 0 aromatic carbocycles. The van der Waals surface area contributed by atoms with Gasteiger partial charge in [0.15, 0.2) is 11.6 Å². The van der Waals surface area contributed by atoms with Crippen LogP contribution in [0.5, 0.6) is 0 Å². The van der Waals surface area contributed by atoms with E-state index in [0.29, 0.717) is 6.54 Å². The van der Waals surface area contributed by atoms with Crippen molar-refractivity contribution in [3.05, 3.63) is 29.6 Å². The van der Waals surface area contributed by atoms with Gasteiger partial charge in [0, 0.05) is 45.0 Å². The Bertz CT molecular complexity index is 787. The summed E-state index contributed by atoms with van der Waals surface area (Å²) in [7, 11) is 0. The van der Waals surface area contributed by atoms with Crippen LogP contribution in [0.15, 0.2) is 18.2 Å². The van der Waals surface area contributed by atoms with Crippen LogP contribution in [0.4, 0.5) is 5.82 Å². The molecule has 2 aliphatic heterocycles. The van der Waals surface area contributed by atoms with Gasteiger partial charge < -0.3 is 9.80 Å². The average Bonchev–Trinajstić information content (AvgIpc) is 3.32. The zero-order valence-electron chi connectivity index (χ0n) is 16.1. The zero-order chi connectivity index (χ0) is 18.8. The monoisotopic (exact) mass is 369 g/mol. The second kappa shape index (κ2) is 7.64. The summed E-state index contributed by atoms with van der Waals surface area (Å²) in [6.45, 7) is 9.85. The van der Waals surface area contributed by atoms with Crippen molar-refractivity contribution in [1.29, 1.82) is 0 Å². The quantitative estimate of drug-likeness (QED) is 0.802. The molecule has 2 aromatic rings. The number of amides is 1. The lowest BCUT2D eigenvalue weighted by Crippen LogP contribution is -2.50. The minimum absolute atomic E-state index is 0.273. The van der Waals surface area contributed by atoms with E-state index in [2.05, 4.69) is 25.1 Å². The van der Waals surface area contributed by atoms with Crippen molar-refractivity contribution in [2.45, 2.75) is 26.7 Å². The van der Waals surface area contributed by atoms with E-state index in [-0.39, 0.29) is 5.91 Å². The highest BCUT2D eigenvalue weighted by atomic mass is 16.2. The summed E-state index contributed by atoms with van der Waals surface area (Å²) in [5.74, 6) is 1.89. The van der Waals surface area contributed by atoms with Gasteiger partial charge in [-0.3, -0.25) is 9.69 Å². The molecule has 0 aliphatic carbocycles. The average molecular weight is 369 g/mol. The first-order valence-corrected chi connectivity index (χ1v) is 9.72. The Balaban J connectivity index is 1.33. The first-order chi connectivity index (χ1) is 13.1. The second-order valence-corrected chi connectivity index (χ2v) is 7.44. The van der Waals surface area contributed by atoms with Gasteiger partial charge in [0.2, 0.25) is 5.91 Å². The van der Waals surface area contributed by atoms with Gasteiger partial charge >= 0.3 is 0 Å². The van der Waals surface area contributed by atoms with E-state index >= 15 is 0 Å². The lowest BCUT2D eigenvalue weighted by molar-refractivity contribution is -0.131. The number of carbonyl (C=O) groups is 1. The topological polar surface area (TPSA) is 70.4 Å². The van der Waals surface area contributed by atoms with Crippen LogP contribution in [0.1, 0.15) is 24.2 Å². The van der Waals surface area contributed by atoms with Gasteiger partial charge in [0.05, 0.1) is 12.2 Å². The lowest BCUT2D eigenvalue weighted by Gasteiger charge is -2.35. The maximum absolute atomic E-state index is 12.3. The van der Waals surface area contributed by atoms with Crippen LogP contribution in [0.25, 0.3) is 5.82 Å². The number of carbonyl (C=O) groups excluding carboxylic acids is 1. The van der Waals surface area contributed by atoms with Gasteiger partial charge in [-0.2, -0.15) is 5.10 Å². The Morgan fingerprint density at radius 2 is 1.63 bits per heavy atom. The van der Waals surface area contributed by atoms with E-state index in [4.69, 9.17) is 0 Å². The number of hydrogen-bond donors (Lipinski definition) is 0. The Hall–Kier alpha value is -2.48. The summed E-state index contributed by atoms with van der Waals surface area (Å²) >= 11 is 0. The molecule has 0 N–H and O–H groups in total. The van der Waals surface area contributed by atoms with E-state index in [1.807, 2.05) is 41.6 Å². The number of aromatic nitrogens is 4. The van der Waals surface area contributed by atoms with Crippen LogP contribution < -0.4 is 4.90 Å². The van der Waals surface area contributed by atoms with Gasteiger partial charge in [-0.25, -0.2) is 4.68 Å². The van der Waals surface area contributed by atoms with Gasteiger partial charge in [-0.15, -0.1) is 10.2 Å². The summed E-state index contributed by atoms with van der Waals surface area (Å²) in [5.41, 5.74) is 2.02. The second-order valence-electron chi connectivity index (χ2n) is 7.44. The van der Waals surface area contributed by atoms with Crippen molar-refractivity contribution in [3.8, 4) is 5.82 Å². The molecule has 2 aliphatic rings. The maximum Gasteiger partial charge on any atom is 0.236 e. The summed E-state index contributed by atoms with van der Waals surface area (Å²) in [6, 6.07) is 5.99. The number of piperazine rings is 1. The smallest absolute Gasteiger partial charge is 0.236 e. The highest BCUT2D eigenvalue weighted by molar-refractivity contribution is 5.78. The highest BCUT2D eigenvalue weighted by Gasteiger charge is 2.24. The lowest BCUT2D eigenvalue weighted by atomic mass is 10.3. The van der Waals surface area contributed by atoms with Crippen LogP contribution >= 0.6 is 0 Å². The van der Waals surface area contributed by atoms with Crippen LogP contribution in [0.2, 0.25) is 0 Å². The van der Waals surface area contributed by atoms with Crippen LogP contribution in [-0.4, -0.2) is 81.5 Å². The summed E-state index contributed by atoms with van der Waals surface area (Å²) in [4.78, 5) is 18.8. The SMILES string of the molecule is Cc1cc(C)n(-c2ccc(N3CCN(CC(=O)N4CCCC4)CC3)nn2)n1. The molecule has 0 unspecified atom stereocenters. The molecule has 1 amide bonds. The number of hydrogen-bond acceptors (Lipinski definition) is 6. The van der Waals surface area contributed by atoms with Gasteiger partial charge in [0.25, 0.3) is 0 Å². The van der Waals surface area contributed by atoms with Crippen molar-refractivity contribution in [3.63, 3.8) is 0 Å². The molecule has 8 nitrogen and oxygen atoms in total. The first kappa shape index (κ1) is 17.9. The molecule has 2 saturated heterocycles. The molecule has 2 fully saturated rings. The molecule has 0 bridgehead atoms. The fraction of sp³-hybridized carbons (Fsp3) is 0.579. The van der Waals surface area contributed by atoms with Crippen molar-refractivity contribution >= 4 is 11.7 Å². The summed E-state index contributed by atoms with van der Waals surface area (Å²) in [6.07, 6.45) is 2.29. The zero-order valence-corrected chi connectivity index (χ0v) is 16.1. The molecule has 0 atom stereocenters. The molecule has 27 heavy (non-hydrogen) atoms. The molecule has 4 rings (SSSR count). The molecule has 0 saturated carbocycles. The maximum atomic E-state index is 12.3. The Morgan fingerprint density at radius 3 is 2.22 bits per heavy atom. The van der Waals surface area contributed by atoms with Crippen LogP contribution in [0.3, 0.4) is 0 Å². The van der Waals surface area contributed by atoms with Gasteiger partial charge in [-0.05, 0) is 44.9 Å². The highest BCUT2D eigenvalue weighted by Crippen LogP contribution is 2.16. The number of likely N-dealkylation sites (tertiary alicyclic amines) is 1. The van der Waals surface area contributed by atoms with Crippen molar-refractivity contribution in [2.24, 2.45) is 0 Å². The van der Waals surface area contributed by atoms with Crippen LogP contribution in [-0.2, 0) is 4.79 Å². The molecule has 0 spiro atoms.